The van der Waals surface area contributed by atoms with E-state index in [1.54, 1.807) is 0 Å². The van der Waals surface area contributed by atoms with Crippen LogP contribution in [0.3, 0.4) is 0 Å². The van der Waals surface area contributed by atoms with Crippen molar-refractivity contribution in [2.24, 2.45) is 0 Å². The second-order valence-electron chi connectivity index (χ2n) is 7.17. The molecule has 148 valence electrons. The predicted molar refractivity (Wildman–Crippen MR) is 117 cm³/mol. The summed E-state index contributed by atoms with van der Waals surface area (Å²) < 4.78 is 2.08. The number of aromatic nitrogens is 3. The minimum atomic E-state index is -0.0448. The number of anilines is 1. The number of carbonyl (C=O) groups is 1. The van der Waals surface area contributed by atoms with Gasteiger partial charge in [-0.2, -0.15) is 0 Å². The number of hydrogen-bond donors (Lipinski definition) is 1. The lowest BCUT2D eigenvalue weighted by atomic mass is 10.0. The highest BCUT2D eigenvalue weighted by Crippen LogP contribution is 2.40. The first-order chi connectivity index (χ1) is 14.2. The number of allylic oxidation sites excluding steroid dienone is 1. The second kappa shape index (κ2) is 9.09. The molecule has 1 saturated carbocycles. The molecule has 1 N–H and O–H groups in total. The first-order valence-corrected chi connectivity index (χ1v) is 10.8. The van der Waals surface area contributed by atoms with Gasteiger partial charge in [0.05, 0.1) is 5.75 Å². The van der Waals surface area contributed by atoms with Crippen molar-refractivity contribution < 1.29 is 4.79 Å². The number of hydrogen-bond acceptors (Lipinski definition) is 4. The Hall–Kier alpha value is -2.86. The van der Waals surface area contributed by atoms with Crippen LogP contribution >= 0.6 is 11.8 Å². The highest BCUT2D eigenvalue weighted by atomic mass is 32.2. The number of rotatable bonds is 9. The molecule has 3 aromatic rings. The Morgan fingerprint density at radius 3 is 2.66 bits per heavy atom. The number of carbonyl (C=O) groups excluding carboxylic acids is 1. The lowest BCUT2D eigenvalue weighted by Gasteiger charge is -2.11. The molecule has 1 amide bonds. The van der Waals surface area contributed by atoms with Gasteiger partial charge in [0, 0.05) is 18.2 Å². The van der Waals surface area contributed by atoms with E-state index in [2.05, 4.69) is 44.9 Å². The Labute approximate surface area is 175 Å². The van der Waals surface area contributed by atoms with E-state index in [0.29, 0.717) is 18.2 Å². The van der Waals surface area contributed by atoms with Crippen LogP contribution in [0.4, 0.5) is 5.69 Å². The molecule has 0 spiro atoms. The fourth-order valence-electron chi connectivity index (χ4n) is 3.28. The predicted octanol–water partition coefficient (Wildman–Crippen LogP) is 4.66. The van der Waals surface area contributed by atoms with Gasteiger partial charge in [0.15, 0.2) is 5.16 Å². The first kappa shape index (κ1) is 19.5. The Bertz CT molecular complexity index is 995. The van der Waals surface area contributed by atoms with Crippen molar-refractivity contribution in [1.29, 1.82) is 0 Å². The zero-order chi connectivity index (χ0) is 20.1. The monoisotopic (exact) mass is 404 g/mol. The fourth-order valence-corrected chi connectivity index (χ4v) is 4.03. The molecule has 0 bridgehead atoms. The normalized spacial score (nSPS) is 13.2. The van der Waals surface area contributed by atoms with Gasteiger partial charge in [-0.3, -0.25) is 4.79 Å². The maximum absolute atomic E-state index is 12.6. The number of amides is 1. The zero-order valence-electron chi connectivity index (χ0n) is 16.3. The summed E-state index contributed by atoms with van der Waals surface area (Å²) in [5.41, 5.74) is 3.17. The molecular formula is C23H24N4OS. The smallest absolute Gasteiger partial charge is 0.234 e. The Morgan fingerprint density at radius 2 is 1.90 bits per heavy atom. The van der Waals surface area contributed by atoms with Gasteiger partial charge in [-0.05, 0) is 36.5 Å². The van der Waals surface area contributed by atoms with Crippen molar-refractivity contribution in [1.82, 2.24) is 14.8 Å². The zero-order valence-corrected chi connectivity index (χ0v) is 17.1. The molecule has 1 heterocycles. The third-order valence-electron chi connectivity index (χ3n) is 4.86. The van der Waals surface area contributed by atoms with Crippen LogP contribution in [0.2, 0.25) is 0 Å². The van der Waals surface area contributed by atoms with E-state index in [1.807, 2.05) is 42.5 Å². The van der Waals surface area contributed by atoms with Crippen LogP contribution in [0.5, 0.6) is 0 Å². The van der Waals surface area contributed by atoms with Gasteiger partial charge < -0.3 is 9.88 Å². The topological polar surface area (TPSA) is 59.8 Å². The van der Waals surface area contributed by atoms with Gasteiger partial charge >= 0.3 is 0 Å². The summed E-state index contributed by atoms with van der Waals surface area (Å²) in [6, 6.07) is 18.2. The Morgan fingerprint density at radius 1 is 1.14 bits per heavy atom. The summed E-state index contributed by atoms with van der Waals surface area (Å²) in [6.45, 7) is 4.50. The Kier molecular flexibility index (Phi) is 6.10. The van der Waals surface area contributed by atoms with E-state index in [1.165, 1.54) is 30.2 Å². The van der Waals surface area contributed by atoms with Gasteiger partial charge in [-0.1, -0.05) is 66.4 Å². The minimum absolute atomic E-state index is 0.0448. The third-order valence-corrected chi connectivity index (χ3v) is 5.83. The number of benzene rings is 2. The number of thioether (sulfide) groups is 1. The summed E-state index contributed by atoms with van der Waals surface area (Å²) in [6.07, 6.45) is 4.96. The van der Waals surface area contributed by atoms with Gasteiger partial charge in [-0.15, -0.1) is 16.8 Å². The first-order valence-electron chi connectivity index (χ1n) is 9.83. The van der Waals surface area contributed by atoms with E-state index in [4.69, 9.17) is 0 Å². The second-order valence-corrected chi connectivity index (χ2v) is 8.11. The van der Waals surface area contributed by atoms with Crippen molar-refractivity contribution in [3.63, 3.8) is 0 Å². The van der Waals surface area contributed by atoms with Crippen LogP contribution in [0.1, 0.15) is 35.7 Å². The molecule has 1 aliphatic rings. The van der Waals surface area contributed by atoms with E-state index < -0.39 is 0 Å². The summed E-state index contributed by atoms with van der Waals surface area (Å²) in [4.78, 5) is 12.6. The number of nitrogens with one attached hydrogen (secondary N) is 1. The largest absolute Gasteiger partial charge is 0.325 e. The molecule has 0 saturated heterocycles. The quantitative estimate of drug-likeness (QED) is 0.416. The summed E-state index contributed by atoms with van der Waals surface area (Å²) >= 11 is 1.42. The van der Waals surface area contributed by atoms with Crippen LogP contribution in [-0.2, 0) is 17.8 Å². The highest BCUT2D eigenvalue weighted by Gasteiger charge is 2.30. The standard InChI is InChI=1S/C23H24N4OS/c1-2-14-27-22(18-12-13-18)25-26-23(27)29-16-21(28)24-20-11-7-6-10-19(20)15-17-8-4-3-5-9-17/h2-11,18H,1,12-16H2,(H,24,28). The van der Waals surface area contributed by atoms with Crippen LogP contribution in [0, 0.1) is 0 Å². The maximum atomic E-state index is 12.6. The van der Waals surface area contributed by atoms with E-state index in [9.17, 15) is 4.79 Å². The molecule has 1 aliphatic carbocycles. The SMILES string of the molecule is C=CCn1c(SCC(=O)Nc2ccccc2Cc2ccccc2)nnc1C1CC1. The van der Waals surface area contributed by atoms with Crippen molar-refractivity contribution in [2.75, 3.05) is 11.1 Å². The van der Waals surface area contributed by atoms with Crippen LogP contribution in [0.15, 0.2) is 72.4 Å². The number of para-hydroxylation sites is 1. The molecule has 0 atom stereocenters. The van der Waals surface area contributed by atoms with E-state index >= 15 is 0 Å². The molecule has 0 aliphatic heterocycles. The molecule has 1 fully saturated rings. The lowest BCUT2D eigenvalue weighted by molar-refractivity contribution is -0.113. The molecule has 29 heavy (non-hydrogen) atoms. The van der Waals surface area contributed by atoms with Crippen molar-refractivity contribution >= 4 is 23.4 Å². The minimum Gasteiger partial charge on any atom is -0.325 e. The lowest BCUT2D eigenvalue weighted by Crippen LogP contribution is -2.16. The average Bonchev–Trinajstić information content (AvgIpc) is 3.50. The van der Waals surface area contributed by atoms with Gasteiger partial charge in [-0.25, -0.2) is 0 Å². The van der Waals surface area contributed by atoms with Crippen molar-refractivity contribution in [3.8, 4) is 0 Å². The molecule has 4 rings (SSSR count). The summed E-state index contributed by atoms with van der Waals surface area (Å²) in [5, 5.41) is 12.5. The fraction of sp³-hybridized carbons (Fsp3) is 0.261. The molecule has 0 unspecified atom stereocenters. The average molecular weight is 405 g/mol. The van der Waals surface area contributed by atoms with Crippen LogP contribution in [0.25, 0.3) is 0 Å². The third kappa shape index (κ3) is 4.95. The van der Waals surface area contributed by atoms with E-state index in [0.717, 1.165) is 28.7 Å². The summed E-state index contributed by atoms with van der Waals surface area (Å²) in [5.74, 6) is 1.77. The van der Waals surface area contributed by atoms with Crippen molar-refractivity contribution in [2.45, 2.75) is 36.9 Å². The van der Waals surface area contributed by atoms with Crippen LogP contribution in [-0.4, -0.2) is 26.4 Å². The molecule has 0 radical (unpaired) electrons. The summed E-state index contributed by atoms with van der Waals surface area (Å²) in [7, 11) is 0. The molecule has 5 nitrogen and oxygen atoms in total. The molecule has 2 aromatic carbocycles. The van der Waals surface area contributed by atoms with Gasteiger partial charge in [0.2, 0.25) is 5.91 Å². The maximum Gasteiger partial charge on any atom is 0.234 e. The van der Waals surface area contributed by atoms with Gasteiger partial charge in [0.1, 0.15) is 5.82 Å². The van der Waals surface area contributed by atoms with Gasteiger partial charge in [0.25, 0.3) is 0 Å². The Balaban J connectivity index is 1.40. The van der Waals surface area contributed by atoms with Crippen LogP contribution < -0.4 is 5.32 Å². The molecule has 1 aromatic heterocycles. The van der Waals surface area contributed by atoms with E-state index in [-0.39, 0.29) is 5.91 Å². The molecule has 6 heteroatoms. The van der Waals surface area contributed by atoms with Crippen molar-refractivity contribution in [3.05, 3.63) is 84.2 Å². The number of nitrogens with zero attached hydrogens (tertiary/aromatic N) is 3. The molecular weight excluding hydrogens is 380 g/mol. The highest BCUT2D eigenvalue weighted by molar-refractivity contribution is 7.99.